The van der Waals surface area contributed by atoms with E-state index in [1.807, 2.05) is 0 Å². The molecule has 1 heterocycles. The third-order valence-corrected chi connectivity index (χ3v) is 2.48. The summed E-state index contributed by atoms with van der Waals surface area (Å²) in [6, 6.07) is 6.10. The van der Waals surface area contributed by atoms with Crippen LogP contribution in [0.1, 0.15) is 16.8 Å². The maximum atomic E-state index is 11.7. The molecule has 0 spiro atoms. The Morgan fingerprint density at radius 3 is 3.00 bits per heavy atom. The van der Waals surface area contributed by atoms with Crippen molar-refractivity contribution in [2.75, 3.05) is 18.7 Å². The van der Waals surface area contributed by atoms with Crippen molar-refractivity contribution in [2.45, 2.75) is 6.42 Å². The van der Waals surface area contributed by atoms with E-state index in [0.29, 0.717) is 18.0 Å². The van der Waals surface area contributed by atoms with Gasteiger partial charge in [0.15, 0.2) is 0 Å². The molecule has 0 aliphatic carbocycles. The standard InChI is InChI=1S/C12H12N2O4/c1-18-7-9-6-11(15)14(13-9)10-4-2-3-8(5-10)12(16)17/h2-5H,6-7H2,1H3,(H,16,17). The largest absolute Gasteiger partial charge is 0.478 e. The molecule has 18 heavy (non-hydrogen) atoms. The number of carboxylic acids is 1. The lowest BCUT2D eigenvalue weighted by Gasteiger charge is -2.11. The molecule has 1 aliphatic rings. The molecule has 1 aliphatic heterocycles. The van der Waals surface area contributed by atoms with Crippen molar-refractivity contribution in [3.05, 3.63) is 29.8 Å². The molecule has 0 saturated carbocycles. The summed E-state index contributed by atoms with van der Waals surface area (Å²) < 4.78 is 4.92. The fourth-order valence-electron chi connectivity index (χ4n) is 1.70. The number of hydrogen-bond acceptors (Lipinski definition) is 4. The summed E-state index contributed by atoms with van der Waals surface area (Å²) >= 11 is 0. The summed E-state index contributed by atoms with van der Waals surface area (Å²) in [5.74, 6) is -1.23. The van der Waals surface area contributed by atoms with Gasteiger partial charge in [0.1, 0.15) is 0 Å². The van der Waals surface area contributed by atoms with Crippen molar-refractivity contribution in [1.29, 1.82) is 0 Å². The quantitative estimate of drug-likeness (QED) is 0.866. The molecule has 1 aromatic carbocycles. The highest BCUT2D eigenvalue weighted by Crippen LogP contribution is 2.21. The first-order chi connectivity index (χ1) is 8.61. The summed E-state index contributed by atoms with van der Waals surface area (Å²) in [5.41, 5.74) is 1.20. The van der Waals surface area contributed by atoms with Gasteiger partial charge in [-0.15, -0.1) is 0 Å². The van der Waals surface area contributed by atoms with E-state index in [1.165, 1.54) is 24.3 Å². The molecule has 6 nitrogen and oxygen atoms in total. The number of carboxylic acid groups (broad SMARTS) is 1. The first kappa shape index (κ1) is 12.3. The van der Waals surface area contributed by atoms with Crippen LogP contribution in [0.15, 0.2) is 29.4 Å². The Kier molecular flexibility index (Phi) is 3.38. The number of benzene rings is 1. The maximum Gasteiger partial charge on any atom is 0.335 e. The molecule has 6 heteroatoms. The number of hydrogen-bond donors (Lipinski definition) is 1. The third kappa shape index (κ3) is 2.38. The fraction of sp³-hybridized carbons (Fsp3) is 0.250. The zero-order valence-corrected chi connectivity index (χ0v) is 9.79. The van der Waals surface area contributed by atoms with Crippen molar-refractivity contribution < 1.29 is 19.4 Å². The maximum absolute atomic E-state index is 11.7. The first-order valence-corrected chi connectivity index (χ1v) is 5.33. The van der Waals surface area contributed by atoms with Crippen LogP contribution >= 0.6 is 0 Å². The van der Waals surface area contributed by atoms with Gasteiger partial charge in [0.2, 0.25) is 0 Å². The number of methoxy groups -OCH3 is 1. The molecule has 1 amide bonds. The van der Waals surface area contributed by atoms with Crippen LogP contribution in [0.2, 0.25) is 0 Å². The van der Waals surface area contributed by atoms with Gasteiger partial charge in [-0.3, -0.25) is 4.79 Å². The molecule has 0 bridgehead atoms. The Balaban J connectivity index is 2.28. The van der Waals surface area contributed by atoms with E-state index in [4.69, 9.17) is 9.84 Å². The van der Waals surface area contributed by atoms with Crippen molar-refractivity contribution in [2.24, 2.45) is 5.10 Å². The SMILES string of the molecule is COCC1=NN(c2cccc(C(=O)O)c2)C(=O)C1. The van der Waals surface area contributed by atoms with Crippen molar-refractivity contribution in [1.82, 2.24) is 0 Å². The van der Waals surface area contributed by atoms with Gasteiger partial charge in [0.25, 0.3) is 5.91 Å². The monoisotopic (exact) mass is 248 g/mol. The number of hydrazone groups is 1. The lowest BCUT2D eigenvalue weighted by atomic mass is 10.2. The predicted octanol–water partition coefficient (Wildman–Crippen LogP) is 1.12. The van der Waals surface area contributed by atoms with Crippen LogP contribution in [0.25, 0.3) is 0 Å². The number of amides is 1. The molecule has 0 saturated heterocycles. The predicted molar refractivity (Wildman–Crippen MR) is 64.8 cm³/mol. The molecular weight excluding hydrogens is 236 g/mol. The zero-order chi connectivity index (χ0) is 13.1. The van der Waals surface area contributed by atoms with E-state index in [2.05, 4.69) is 5.10 Å². The highest BCUT2D eigenvalue weighted by molar-refractivity contribution is 6.13. The van der Waals surface area contributed by atoms with Crippen LogP contribution < -0.4 is 5.01 Å². The smallest absolute Gasteiger partial charge is 0.335 e. The third-order valence-electron chi connectivity index (χ3n) is 2.48. The van der Waals surface area contributed by atoms with Gasteiger partial charge in [0, 0.05) is 7.11 Å². The summed E-state index contributed by atoms with van der Waals surface area (Å²) in [5, 5.41) is 14.2. The van der Waals surface area contributed by atoms with E-state index < -0.39 is 5.97 Å². The van der Waals surface area contributed by atoms with E-state index in [9.17, 15) is 9.59 Å². The van der Waals surface area contributed by atoms with Gasteiger partial charge in [-0.2, -0.15) is 5.10 Å². The van der Waals surface area contributed by atoms with Crippen molar-refractivity contribution >= 4 is 23.3 Å². The van der Waals surface area contributed by atoms with Crippen molar-refractivity contribution in [3.8, 4) is 0 Å². The average molecular weight is 248 g/mol. The molecule has 0 radical (unpaired) electrons. The van der Waals surface area contributed by atoms with Crippen LogP contribution in [-0.4, -0.2) is 36.4 Å². The number of aromatic carboxylic acids is 1. The van der Waals surface area contributed by atoms with Gasteiger partial charge < -0.3 is 9.84 Å². The van der Waals surface area contributed by atoms with Gasteiger partial charge in [0.05, 0.1) is 30.0 Å². The normalized spacial score (nSPS) is 14.8. The van der Waals surface area contributed by atoms with Crippen molar-refractivity contribution in [3.63, 3.8) is 0 Å². The number of nitrogens with zero attached hydrogens (tertiary/aromatic N) is 2. The van der Waals surface area contributed by atoms with E-state index in [-0.39, 0.29) is 17.9 Å². The van der Waals surface area contributed by atoms with E-state index in [0.717, 1.165) is 0 Å². The Morgan fingerprint density at radius 1 is 1.56 bits per heavy atom. The number of rotatable bonds is 4. The average Bonchev–Trinajstić information content (AvgIpc) is 2.71. The summed E-state index contributed by atoms with van der Waals surface area (Å²) in [6.07, 6.45) is 0.200. The first-order valence-electron chi connectivity index (χ1n) is 5.33. The molecule has 1 aromatic rings. The highest BCUT2D eigenvalue weighted by atomic mass is 16.5. The Morgan fingerprint density at radius 2 is 2.33 bits per heavy atom. The number of carbonyl (C=O) groups excluding carboxylic acids is 1. The molecule has 0 aromatic heterocycles. The Hall–Kier alpha value is -2.21. The molecular formula is C12H12N2O4. The second-order valence-electron chi connectivity index (χ2n) is 3.84. The second kappa shape index (κ2) is 4.97. The number of ether oxygens (including phenoxy) is 1. The molecule has 0 atom stereocenters. The minimum Gasteiger partial charge on any atom is -0.478 e. The van der Waals surface area contributed by atoms with E-state index in [1.54, 1.807) is 12.1 Å². The summed E-state index contributed by atoms with van der Waals surface area (Å²) in [7, 11) is 1.53. The zero-order valence-electron chi connectivity index (χ0n) is 9.79. The minimum absolute atomic E-state index is 0.121. The second-order valence-corrected chi connectivity index (χ2v) is 3.84. The summed E-state index contributed by atoms with van der Waals surface area (Å²) in [6.45, 7) is 0.293. The topological polar surface area (TPSA) is 79.2 Å². The molecule has 94 valence electrons. The number of carbonyl (C=O) groups is 2. The highest BCUT2D eigenvalue weighted by Gasteiger charge is 2.25. The lowest BCUT2D eigenvalue weighted by Crippen LogP contribution is -2.19. The van der Waals surface area contributed by atoms with Gasteiger partial charge >= 0.3 is 5.97 Å². The van der Waals surface area contributed by atoms with Crippen LogP contribution in [0, 0.1) is 0 Å². The van der Waals surface area contributed by atoms with Crippen LogP contribution in [0.3, 0.4) is 0 Å². The Bertz CT molecular complexity index is 525. The molecule has 0 unspecified atom stereocenters. The molecule has 0 fully saturated rings. The molecule has 1 N–H and O–H groups in total. The van der Waals surface area contributed by atoms with Crippen LogP contribution in [-0.2, 0) is 9.53 Å². The number of anilines is 1. The Labute approximate surface area is 103 Å². The lowest BCUT2D eigenvalue weighted by molar-refractivity contribution is -0.116. The van der Waals surface area contributed by atoms with Crippen LogP contribution in [0.4, 0.5) is 5.69 Å². The van der Waals surface area contributed by atoms with E-state index >= 15 is 0 Å². The van der Waals surface area contributed by atoms with Gasteiger partial charge in [-0.25, -0.2) is 9.80 Å². The van der Waals surface area contributed by atoms with Crippen LogP contribution in [0.5, 0.6) is 0 Å². The molecule has 2 rings (SSSR count). The minimum atomic E-state index is -1.04. The summed E-state index contributed by atoms with van der Waals surface area (Å²) in [4.78, 5) is 22.6. The van der Waals surface area contributed by atoms with Gasteiger partial charge in [-0.05, 0) is 18.2 Å². The van der Waals surface area contributed by atoms with Gasteiger partial charge in [-0.1, -0.05) is 6.07 Å². The fourth-order valence-corrected chi connectivity index (χ4v) is 1.70.